The molecule has 0 bridgehead atoms. The predicted molar refractivity (Wildman–Crippen MR) is 81.6 cm³/mol. The number of nitrogens with zero attached hydrogens (tertiary/aromatic N) is 4. The van der Waals surface area contributed by atoms with Crippen LogP contribution in [-0.4, -0.2) is 44.6 Å². The highest BCUT2D eigenvalue weighted by molar-refractivity contribution is 6.14. The number of hydrogen-bond acceptors (Lipinski definition) is 7. The summed E-state index contributed by atoms with van der Waals surface area (Å²) in [7, 11) is 1.73. The Balaban J connectivity index is 1.80. The van der Waals surface area contributed by atoms with Crippen molar-refractivity contribution in [1.29, 1.82) is 0 Å². The Morgan fingerprint density at radius 1 is 1.30 bits per heavy atom. The van der Waals surface area contributed by atoms with Gasteiger partial charge in [0.1, 0.15) is 5.70 Å². The highest BCUT2D eigenvalue weighted by Crippen LogP contribution is 2.25. The van der Waals surface area contributed by atoms with Gasteiger partial charge in [-0.05, 0) is 18.9 Å². The van der Waals surface area contributed by atoms with E-state index in [2.05, 4.69) is 36.3 Å². The van der Waals surface area contributed by atoms with Crippen molar-refractivity contribution >= 4 is 35.6 Å². The molecular formula is C13H14N8O2. The van der Waals surface area contributed by atoms with E-state index in [9.17, 15) is 9.59 Å². The van der Waals surface area contributed by atoms with Crippen LogP contribution in [0.3, 0.4) is 0 Å². The van der Waals surface area contributed by atoms with Gasteiger partial charge in [-0.3, -0.25) is 10.1 Å². The number of carbonyl (C=O) groups is 2. The fourth-order valence-electron chi connectivity index (χ4n) is 2.25. The smallest absolute Gasteiger partial charge is 0.326 e. The molecule has 4 N–H and O–H groups in total. The van der Waals surface area contributed by atoms with Gasteiger partial charge in [0.05, 0.1) is 6.20 Å². The lowest BCUT2D eigenvalue weighted by Gasteiger charge is -2.08. The largest absolute Gasteiger partial charge is 0.357 e. The molecule has 1 saturated carbocycles. The fraction of sp³-hybridized carbons (Fsp3) is 0.308. The summed E-state index contributed by atoms with van der Waals surface area (Å²) in [6.07, 6.45) is 5.32. The second-order valence-corrected chi connectivity index (χ2v) is 5.34. The van der Waals surface area contributed by atoms with E-state index >= 15 is 0 Å². The summed E-state index contributed by atoms with van der Waals surface area (Å²) in [6.45, 7) is 0. The first kappa shape index (κ1) is 13.5. The summed E-state index contributed by atoms with van der Waals surface area (Å²) in [5.41, 5.74) is 1.30. The Hall–Kier alpha value is -3.17. The summed E-state index contributed by atoms with van der Waals surface area (Å²) in [5.74, 6) is 0.556. The molecule has 10 heteroatoms. The minimum absolute atomic E-state index is 0.159. The number of nitrogens with one attached hydrogen (secondary N) is 4. The lowest BCUT2D eigenvalue weighted by atomic mass is 10.2. The van der Waals surface area contributed by atoms with Gasteiger partial charge < -0.3 is 16.0 Å². The third-order valence-corrected chi connectivity index (χ3v) is 3.55. The van der Waals surface area contributed by atoms with E-state index in [1.165, 1.54) is 6.08 Å². The molecular weight excluding hydrogens is 300 g/mol. The molecule has 2 aromatic heterocycles. The van der Waals surface area contributed by atoms with Crippen molar-refractivity contribution in [2.45, 2.75) is 18.9 Å². The Kier molecular flexibility index (Phi) is 2.89. The molecule has 1 aliphatic heterocycles. The van der Waals surface area contributed by atoms with Crippen LogP contribution in [0.5, 0.6) is 0 Å². The van der Waals surface area contributed by atoms with Crippen LogP contribution in [0.4, 0.5) is 16.7 Å². The Morgan fingerprint density at radius 3 is 2.78 bits per heavy atom. The second-order valence-electron chi connectivity index (χ2n) is 5.34. The molecule has 0 atom stereocenters. The SMILES string of the molecule is CNc1nc(NC2CC2)n2ncc(/C=C3\NC(=O)NC3=O)c2n1. The molecule has 4 rings (SSSR count). The average Bonchev–Trinajstić information content (AvgIpc) is 3.16. The van der Waals surface area contributed by atoms with E-state index in [-0.39, 0.29) is 5.70 Å². The standard InChI is InChI=1S/C13H14N8O2/c1-14-11-18-9-6(4-8-10(22)19-13(23)17-8)5-15-21(9)12(20-11)16-7-2-3-7/h4-5,7H,2-3H2,1H3,(H2,14,16,18,20)(H2,17,19,22,23)/b8-4-. The number of anilines is 2. The molecule has 2 aromatic rings. The van der Waals surface area contributed by atoms with Crippen LogP contribution in [0.15, 0.2) is 11.9 Å². The first-order valence-corrected chi connectivity index (χ1v) is 7.18. The molecule has 1 aliphatic carbocycles. The fourth-order valence-corrected chi connectivity index (χ4v) is 2.25. The van der Waals surface area contributed by atoms with E-state index in [4.69, 9.17) is 0 Å². The minimum Gasteiger partial charge on any atom is -0.357 e. The number of rotatable bonds is 4. The van der Waals surface area contributed by atoms with Crippen molar-refractivity contribution in [3.63, 3.8) is 0 Å². The van der Waals surface area contributed by atoms with Gasteiger partial charge in [0.15, 0.2) is 5.65 Å². The molecule has 23 heavy (non-hydrogen) atoms. The van der Waals surface area contributed by atoms with Crippen molar-refractivity contribution in [3.05, 3.63) is 17.5 Å². The van der Waals surface area contributed by atoms with Gasteiger partial charge in [-0.25, -0.2) is 4.79 Å². The van der Waals surface area contributed by atoms with E-state index < -0.39 is 11.9 Å². The van der Waals surface area contributed by atoms with Crippen molar-refractivity contribution in [1.82, 2.24) is 30.2 Å². The summed E-state index contributed by atoms with van der Waals surface area (Å²) in [6, 6.07) is -0.136. The van der Waals surface area contributed by atoms with Gasteiger partial charge >= 0.3 is 6.03 Å². The van der Waals surface area contributed by atoms with Crippen LogP contribution in [0, 0.1) is 0 Å². The molecule has 0 spiro atoms. The molecule has 0 aromatic carbocycles. The molecule has 3 amide bonds. The van der Waals surface area contributed by atoms with Crippen molar-refractivity contribution < 1.29 is 9.59 Å². The van der Waals surface area contributed by atoms with E-state index in [1.54, 1.807) is 17.8 Å². The predicted octanol–water partition coefficient (Wildman–Crippen LogP) is -0.0794. The lowest BCUT2D eigenvalue weighted by molar-refractivity contribution is -0.115. The number of urea groups is 1. The van der Waals surface area contributed by atoms with E-state index in [0.717, 1.165) is 12.8 Å². The molecule has 3 heterocycles. The van der Waals surface area contributed by atoms with Crippen LogP contribution in [0.25, 0.3) is 11.7 Å². The van der Waals surface area contributed by atoms with E-state index in [1.807, 2.05) is 0 Å². The Labute approximate surface area is 130 Å². The number of fused-ring (bicyclic) bond motifs is 1. The zero-order valence-electron chi connectivity index (χ0n) is 12.3. The van der Waals surface area contributed by atoms with Crippen molar-refractivity contribution in [3.8, 4) is 0 Å². The highest BCUT2D eigenvalue weighted by Gasteiger charge is 2.25. The molecule has 2 fully saturated rings. The summed E-state index contributed by atoms with van der Waals surface area (Å²) >= 11 is 0. The number of carbonyl (C=O) groups excluding carboxylic acids is 2. The van der Waals surface area contributed by atoms with Gasteiger partial charge in [0, 0.05) is 18.7 Å². The first-order valence-electron chi connectivity index (χ1n) is 7.18. The summed E-state index contributed by atoms with van der Waals surface area (Å²) in [5, 5.41) is 15.1. The quantitative estimate of drug-likeness (QED) is 0.459. The topological polar surface area (TPSA) is 125 Å². The van der Waals surface area contributed by atoms with Gasteiger partial charge in [0.25, 0.3) is 5.91 Å². The van der Waals surface area contributed by atoms with Crippen LogP contribution in [-0.2, 0) is 4.79 Å². The average molecular weight is 314 g/mol. The van der Waals surface area contributed by atoms with Gasteiger partial charge in [-0.15, -0.1) is 0 Å². The molecule has 2 aliphatic rings. The molecule has 1 saturated heterocycles. The number of aromatic nitrogens is 4. The van der Waals surface area contributed by atoms with Gasteiger partial charge in [0.2, 0.25) is 11.9 Å². The monoisotopic (exact) mass is 314 g/mol. The second kappa shape index (κ2) is 4.93. The maximum Gasteiger partial charge on any atom is 0.326 e. The molecule has 10 nitrogen and oxygen atoms in total. The van der Waals surface area contributed by atoms with Gasteiger partial charge in [-0.1, -0.05) is 0 Å². The number of hydrogen-bond donors (Lipinski definition) is 4. The van der Waals surface area contributed by atoms with Crippen LogP contribution >= 0.6 is 0 Å². The zero-order valence-corrected chi connectivity index (χ0v) is 12.3. The van der Waals surface area contributed by atoms with Crippen molar-refractivity contribution in [2.75, 3.05) is 17.7 Å². The maximum absolute atomic E-state index is 11.6. The molecule has 0 radical (unpaired) electrons. The lowest BCUT2D eigenvalue weighted by Crippen LogP contribution is -2.22. The first-order chi connectivity index (χ1) is 11.1. The Morgan fingerprint density at radius 2 is 2.13 bits per heavy atom. The zero-order chi connectivity index (χ0) is 16.0. The highest BCUT2D eigenvalue weighted by atomic mass is 16.2. The van der Waals surface area contributed by atoms with E-state index in [0.29, 0.717) is 29.1 Å². The Bertz CT molecular complexity index is 851. The molecule has 0 unspecified atom stereocenters. The summed E-state index contributed by atoms with van der Waals surface area (Å²) in [4.78, 5) is 31.6. The van der Waals surface area contributed by atoms with Gasteiger partial charge in [-0.2, -0.15) is 19.6 Å². The number of amides is 3. The molecule has 118 valence electrons. The van der Waals surface area contributed by atoms with Crippen LogP contribution in [0.1, 0.15) is 18.4 Å². The minimum atomic E-state index is -0.542. The normalized spacial score (nSPS) is 19.1. The van der Waals surface area contributed by atoms with Crippen molar-refractivity contribution in [2.24, 2.45) is 0 Å². The van der Waals surface area contributed by atoms with Crippen LogP contribution < -0.4 is 21.3 Å². The maximum atomic E-state index is 11.6. The third kappa shape index (κ3) is 2.43. The summed E-state index contributed by atoms with van der Waals surface area (Å²) < 4.78 is 1.58. The number of imide groups is 1. The third-order valence-electron chi connectivity index (χ3n) is 3.55. The van der Waals surface area contributed by atoms with Crippen LogP contribution in [0.2, 0.25) is 0 Å².